The summed E-state index contributed by atoms with van der Waals surface area (Å²) in [5.74, 6) is 1.35. The predicted octanol–water partition coefficient (Wildman–Crippen LogP) is 3.23. The van der Waals surface area contributed by atoms with Crippen LogP contribution < -0.4 is 15.2 Å². The summed E-state index contributed by atoms with van der Waals surface area (Å²) in [4.78, 5) is 24.1. The largest absolute Gasteiger partial charge is 0.490 e. The van der Waals surface area contributed by atoms with E-state index in [2.05, 4.69) is 14.9 Å². The van der Waals surface area contributed by atoms with Gasteiger partial charge < -0.3 is 14.4 Å². The molecule has 8 heteroatoms. The van der Waals surface area contributed by atoms with Crippen LogP contribution in [-0.4, -0.2) is 57.9 Å². The van der Waals surface area contributed by atoms with Crippen LogP contribution in [0.3, 0.4) is 0 Å². The monoisotopic (exact) mass is 433 g/mol. The lowest BCUT2D eigenvalue weighted by Gasteiger charge is -2.14. The number of hydrogen-bond acceptors (Lipinski definition) is 6. The fraction of sp³-hybridized carbons (Fsp3) is 0.375. The molecular formula is C24H27N5O3. The summed E-state index contributed by atoms with van der Waals surface area (Å²) in [5.41, 5.74) is 4.28. The van der Waals surface area contributed by atoms with Gasteiger partial charge in [-0.25, -0.2) is 9.78 Å². The Hall–Kier alpha value is -3.39. The number of ether oxygens (including phenoxy) is 2. The number of pyridine rings is 2. The number of aromatic nitrogens is 4. The van der Waals surface area contributed by atoms with E-state index in [0.717, 1.165) is 51.8 Å². The molecule has 0 unspecified atom stereocenters. The third-order valence-electron chi connectivity index (χ3n) is 5.99. The minimum atomic E-state index is -0.0897. The number of hydrogen-bond donors (Lipinski definition) is 0. The van der Waals surface area contributed by atoms with E-state index in [1.807, 2.05) is 56.0 Å². The van der Waals surface area contributed by atoms with Gasteiger partial charge in [0.2, 0.25) is 5.88 Å². The summed E-state index contributed by atoms with van der Waals surface area (Å²) in [6, 6.07) is 7.77. The van der Waals surface area contributed by atoms with Gasteiger partial charge in [0, 0.05) is 37.0 Å². The lowest BCUT2D eigenvalue weighted by atomic mass is 10.0. The first-order valence-electron chi connectivity index (χ1n) is 10.8. The van der Waals surface area contributed by atoms with Gasteiger partial charge in [0.1, 0.15) is 12.4 Å². The Labute approximate surface area is 186 Å². The van der Waals surface area contributed by atoms with Gasteiger partial charge in [-0.15, -0.1) is 0 Å². The van der Waals surface area contributed by atoms with Crippen molar-refractivity contribution in [3.05, 3.63) is 47.1 Å². The second-order valence-corrected chi connectivity index (χ2v) is 8.59. The molecule has 0 spiro atoms. The van der Waals surface area contributed by atoms with Crippen molar-refractivity contribution < 1.29 is 9.47 Å². The molecule has 5 rings (SSSR count). The lowest BCUT2D eigenvalue weighted by molar-refractivity contribution is 0.268. The van der Waals surface area contributed by atoms with E-state index in [-0.39, 0.29) is 11.7 Å². The molecule has 3 aromatic heterocycles. The molecule has 0 N–H and O–H groups in total. The molecule has 1 aliphatic heterocycles. The molecule has 1 aliphatic rings. The van der Waals surface area contributed by atoms with Crippen molar-refractivity contribution >= 4 is 21.9 Å². The van der Waals surface area contributed by atoms with Crippen molar-refractivity contribution in [3.8, 4) is 22.8 Å². The van der Waals surface area contributed by atoms with Gasteiger partial charge in [-0.2, -0.15) is 0 Å². The molecule has 0 saturated carbocycles. The van der Waals surface area contributed by atoms with Crippen molar-refractivity contribution in [1.82, 2.24) is 24.0 Å². The Morgan fingerprint density at radius 2 is 2.03 bits per heavy atom. The van der Waals surface area contributed by atoms with Crippen LogP contribution in [0.4, 0.5) is 0 Å². The third kappa shape index (κ3) is 3.31. The summed E-state index contributed by atoms with van der Waals surface area (Å²) in [7, 11) is 5.88. The van der Waals surface area contributed by atoms with Crippen molar-refractivity contribution in [2.24, 2.45) is 7.05 Å². The summed E-state index contributed by atoms with van der Waals surface area (Å²) < 4.78 is 15.5. The molecule has 0 amide bonds. The van der Waals surface area contributed by atoms with Crippen molar-refractivity contribution in [3.63, 3.8) is 0 Å². The lowest BCUT2D eigenvalue weighted by Crippen LogP contribution is -2.27. The zero-order valence-corrected chi connectivity index (χ0v) is 18.8. The Balaban J connectivity index is 1.57. The zero-order chi connectivity index (χ0) is 22.4. The van der Waals surface area contributed by atoms with E-state index in [4.69, 9.17) is 9.47 Å². The molecule has 1 atom stereocenters. The number of benzene rings is 1. The summed E-state index contributed by atoms with van der Waals surface area (Å²) in [6.45, 7) is 4.01. The van der Waals surface area contributed by atoms with Gasteiger partial charge in [-0.3, -0.25) is 14.1 Å². The standard InChI is InChI=1S/C24H27N5O3/c1-15-14-32-23-17(16-6-9-20(26-12-16)31-11-5-10-27(2)3)7-8-18-21(23)22-19(13-25-18)28(4)24(30)29(15)22/h6-9,12-13,15H,5,10-11,14H2,1-4H3/t15-/m1/s1. The van der Waals surface area contributed by atoms with E-state index in [1.54, 1.807) is 17.8 Å². The molecule has 4 aromatic rings. The number of imidazole rings is 1. The van der Waals surface area contributed by atoms with Crippen LogP contribution in [0.1, 0.15) is 19.4 Å². The molecule has 32 heavy (non-hydrogen) atoms. The first-order chi connectivity index (χ1) is 15.5. The second kappa shape index (κ2) is 7.94. The minimum Gasteiger partial charge on any atom is -0.490 e. The van der Waals surface area contributed by atoms with Gasteiger partial charge in [-0.05, 0) is 45.6 Å². The highest BCUT2D eigenvalue weighted by atomic mass is 16.5. The van der Waals surface area contributed by atoms with Crippen LogP contribution in [0.15, 0.2) is 41.5 Å². The van der Waals surface area contributed by atoms with Gasteiger partial charge in [-0.1, -0.05) is 0 Å². The topological polar surface area (TPSA) is 74.4 Å². The van der Waals surface area contributed by atoms with Crippen LogP contribution >= 0.6 is 0 Å². The average Bonchev–Trinajstić information content (AvgIpc) is 2.94. The van der Waals surface area contributed by atoms with Crippen molar-refractivity contribution in [2.75, 3.05) is 33.9 Å². The SMILES string of the molecule is C[C@@H]1COc2c(-c3ccc(OCCCN(C)C)nc3)ccc3ncc4c(c23)n1c(=O)n4C. The normalized spacial score (nSPS) is 15.5. The molecule has 8 nitrogen and oxygen atoms in total. The van der Waals surface area contributed by atoms with Crippen LogP contribution in [0, 0.1) is 0 Å². The number of rotatable bonds is 6. The molecule has 0 bridgehead atoms. The van der Waals surface area contributed by atoms with Crippen LogP contribution in [-0.2, 0) is 7.05 Å². The molecule has 0 radical (unpaired) electrons. The highest BCUT2D eigenvalue weighted by Crippen LogP contribution is 2.42. The molecule has 4 heterocycles. The fourth-order valence-electron chi connectivity index (χ4n) is 4.33. The van der Waals surface area contributed by atoms with Gasteiger partial charge >= 0.3 is 5.69 Å². The molecule has 0 saturated heterocycles. The summed E-state index contributed by atoms with van der Waals surface area (Å²) in [6.07, 6.45) is 4.52. The maximum Gasteiger partial charge on any atom is 0.329 e. The van der Waals surface area contributed by atoms with Crippen LogP contribution in [0.25, 0.3) is 33.1 Å². The quantitative estimate of drug-likeness (QED) is 0.435. The molecular weight excluding hydrogens is 406 g/mol. The van der Waals surface area contributed by atoms with E-state index >= 15 is 0 Å². The van der Waals surface area contributed by atoms with Gasteiger partial charge in [0.05, 0.1) is 40.8 Å². The highest BCUT2D eigenvalue weighted by molar-refractivity contribution is 6.09. The van der Waals surface area contributed by atoms with E-state index in [9.17, 15) is 4.79 Å². The molecule has 0 fully saturated rings. The maximum atomic E-state index is 12.9. The fourth-order valence-corrected chi connectivity index (χ4v) is 4.33. The summed E-state index contributed by atoms with van der Waals surface area (Å²) in [5, 5.41) is 0.867. The minimum absolute atomic E-state index is 0.0545. The average molecular weight is 434 g/mol. The Morgan fingerprint density at radius 3 is 2.78 bits per heavy atom. The first-order valence-corrected chi connectivity index (χ1v) is 10.8. The van der Waals surface area contributed by atoms with Crippen molar-refractivity contribution in [1.29, 1.82) is 0 Å². The Bertz CT molecular complexity index is 1350. The third-order valence-corrected chi connectivity index (χ3v) is 5.99. The zero-order valence-electron chi connectivity index (χ0n) is 18.8. The highest BCUT2D eigenvalue weighted by Gasteiger charge is 2.26. The molecule has 0 aliphatic carbocycles. The van der Waals surface area contributed by atoms with E-state index in [0.29, 0.717) is 19.1 Å². The maximum absolute atomic E-state index is 12.9. The van der Waals surface area contributed by atoms with Gasteiger partial charge in [0.25, 0.3) is 0 Å². The van der Waals surface area contributed by atoms with E-state index in [1.165, 1.54) is 0 Å². The van der Waals surface area contributed by atoms with Crippen LogP contribution in [0.5, 0.6) is 11.6 Å². The smallest absolute Gasteiger partial charge is 0.329 e. The number of aryl methyl sites for hydroxylation is 1. The number of nitrogens with zero attached hydrogens (tertiary/aromatic N) is 5. The molecule has 1 aromatic carbocycles. The van der Waals surface area contributed by atoms with Crippen molar-refractivity contribution in [2.45, 2.75) is 19.4 Å². The van der Waals surface area contributed by atoms with E-state index < -0.39 is 0 Å². The van der Waals surface area contributed by atoms with Gasteiger partial charge in [0.15, 0.2) is 0 Å². The molecule has 166 valence electrons. The Kier molecular flexibility index (Phi) is 5.09. The first kappa shape index (κ1) is 20.5. The predicted molar refractivity (Wildman–Crippen MR) is 125 cm³/mol. The van der Waals surface area contributed by atoms with Crippen LogP contribution in [0.2, 0.25) is 0 Å². The second-order valence-electron chi connectivity index (χ2n) is 8.59. The summed E-state index contributed by atoms with van der Waals surface area (Å²) >= 11 is 0. The Morgan fingerprint density at radius 1 is 1.19 bits per heavy atom.